The quantitative estimate of drug-likeness (QED) is 0.236. The summed E-state index contributed by atoms with van der Waals surface area (Å²) in [6.07, 6.45) is 19.0. The van der Waals surface area contributed by atoms with E-state index in [1.54, 1.807) is 0 Å². The van der Waals surface area contributed by atoms with Crippen LogP contribution in [-0.4, -0.2) is 34.0 Å². The fourth-order valence-corrected chi connectivity index (χ4v) is 2.96. The lowest BCUT2D eigenvalue weighted by Gasteiger charge is -2.09. The lowest BCUT2D eigenvalue weighted by atomic mass is 10.0. The maximum Gasteiger partial charge on any atom is 0.308 e. The summed E-state index contributed by atoms with van der Waals surface area (Å²) in [6, 6.07) is 0. The number of rotatable bonds is 18. The van der Waals surface area contributed by atoms with E-state index < -0.39 is 11.9 Å². The second kappa shape index (κ2) is 17.9. The maximum absolute atomic E-state index is 10.7. The Kier molecular flexibility index (Phi) is 17.3. The van der Waals surface area contributed by atoms with Gasteiger partial charge in [0.2, 0.25) is 0 Å². The number of unbranched alkanes of at least 4 members (excludes halogenated alkanes) is 8. The zero-order valence-electron chi connectivity index (χ0n) is 16.2. The van der Waals surface area contributed by atoms with Crippen LogP contribution in [0.15, 0.2) is 12.2 Å². The van der Waals surface area contributed by atoms with E-state index >= 15 is 0 Å². The van der Waals surface area contributed by atoms with E-state index in [2.05, 4.69) is 19.1 Å². The molecule has 0 radical (unpaired) electrons. The van der Waals surface area contributed by atoms with Gasteiger partial charge < -0.3 is 15.3 Å². The summed E-state index contributed by atoms with van der Waals surface area (Å²) in [5.41, 5.74) is 0. The van der Waals surface area contributed by atoms with Gasteiger partial charge in [0.15, 0.2) is 0 Å². The molecule has 0 rings (SSSR count). The molecule has 0 heterocycles. The van der Waals surface area contributed by atoms with Crippen LogP contribution >= 0.6 is 0 Å². The molecule has 0 fully saturated rings. The van der Waals surface area contributed by atoms with Gasteiger partial charge in [0.25, 0.3) is 0 Å². The molecule has 2 atom stereocenters. The first-order valence-corrected chi connectivity index (χ1v) is 10.3. The monoisotopic (exact) mass is 356 g/mol. The molecule has 25 heavy (non-hydrogen) atoms. The maximum atomic E-state index is 10.7. The molecule has 4 nitrogen and oxygen atoms in total. The number of aliphatic hydroxyl groups is 2. The third-order valence-electron chi connectivity index (χ3n) is 4.71. The highest BCUT2D eigenvalue weighted by Crippen LogP contribution is 2.13. The average Bonchev–Trinajstić information content (AvgIpc) is 2.59. The largest absolute Gasteiger partial charge is 0.481 e. The van der Waals surface area contributed by atoms with Crippen molar-refractivity contribution >= 4 is 5.97 Å². The van der Waals surface area contributed by atoms with Crippen molar-refractivity contribution in [1.29, 1.82) is 0 Å². The number of aliphatic carboxylic acids is 1. The second-order valence-corrected chi connectivity index (χ2v) is 7.11. The van der Waals surface area contributed by atoms with Crippen LogP contribution in [0.2, 0.25) is 0 Å². The standard InChI is InChI=1S/C21H40O4/c1-2-3-4-13-16-20(23)17-14-11-9-7-5-6-8-10-12-15-19(18-22)21(24)25/h6,8,19-20,22-23H,2-5,7,9-18H2,1H3,(H,24,25). The van der Waals surface area contributed by atoms with Crippen molar-refractivity contribution in [2.75, 3.05) is 6.61 Å². The SMILES string of the molecule is CCCCCCC(O)CCCCCCC=CCCCC(CO)C(=O)O. The molecule has 0 spiro atoms. The summed E-state index contributed by atoms with van der Waals surface area (Å²) in [5, 5.41) is 27.6. The Labute approximate surface area is 154 Å². The van der Waals surface area contributed by atoms with E-state index in [0.29, 0.717) is 6.42 Å². The fourth-order valence-electron chi connectivity index (χ4n) is 2.96. The van der Waals surface area contributed by atoms with Crippen LogP contribution in [0.4, 0.5) is 0 Å². The predicted molar refractivity (Wildman–Crippen MR) is 104 cm³/mol. The topological polar surface area (TPSA) is 77.8 Å². The number of aliphatic hydroxyl groups excluding tert-OH is 2. The van der Waals surface area contributed by atoms with Crippen LogP contribution in [0.5, 0.6) is 0 Å². The molecule has 0 aliphatic rings. The first kappa shape index (κ1) is 24.1. The van der Waals surface area contributed by atoms with E-state index in [9.17, 15) is 9.90 Å². The first-order chi connectivity index (χ1) is 12.1. The van der Waals surface area contributed by atoms with E-state index in [-0.39, 0.29) is 12.7 Å². The number of hydrogen-bond donors (Lipinski definition) is 3. The Hall–Kier alpha value is -0.870. The number of hydrogen-bond acceptors (Lipinski definition) is 3. The minimum atomic E-state index is -0.905. The summed E-state index contributed by atoms with van der Waals surface area (Å²) in [4.78, 5) is 10.7. The molecule has 148 valence electrons. The fraction of sp³-hybridized carbons (Fsp3) is 0.857. The molecule has 0 saturated carbocycles. The Morgan fingerprint density at radius 2 is 1.40 bits per heavy atom. The minimum Gasteiger partial charge on any atom is -0.481 e. The minimum absolute atomic E-state index is 0.106. The van der Waals surface area contributed by atoms with Gasteiger partial charge in [-0.25, -0.2) is 0 Å². The number of carboxylic acids is 1. The summed E-state index contributed by atoms with van der Waals surface area (Å²) in [5.74, 6) is -1.52. The number of allylic oxidation sites excluding steroid dienone is 2. The van der Waals surface area contributed by atoms with Crippen molar-refractivity contribution < 1.29 is 20.1 Å². The van der Waals surface area contributed by atoms with Crippen LogP contribution in [0, 0.1) is 5.92 Å². The zero-order valence-corrected chi connectivity index (χ0v) is 16.2. The van der Waals surface area contributed by atoms with Crippen LogP contribution in [-0.2, 0) is 4.79 Å². The molecule has 0 aliphatic carbocycles. The van der Waals surface area contributed by atoms with Crippen LogP contribution in [0.1, 0.15) is 96.8 Å². The van der Waals surface area contributed by atoms with Crippen molar-refractivity contribution in [3.63, 3.8) is 0 Å². The van der Waals surface area contributed by atoms with Gasteiger partial charge in [-0.3, -0.25) is 4.79 Å². The second-order valence-electron chi connectivity index (χ2n) is 7.11. The highest BCUT2D eigenvalue weighted by molar-refractivity contribution is 5.69. The summed E-state index contributed by atoms with van der Waals surface area (Å²) < 4.78 is 0. The molecule has 0 amide bonds. The molecular formula is C21H40O4. The predicted octanol–water partition coefficient (Wildman–Crippen LogP) is 5.08. The average molecular weight is 357 g/mol. The Morgan fingerprint density at radius 3 is 1.96 bits per heavy atom. The van der Waals surface area contributed by atoms with Crippen molar-refractivity contribution in [1.82, 2.24) is 0 Å². The Balaban J connectivity index is 3.36. The van der Waals surface area contributed by atoms with Gasteiger partial charge >= 0.3 is 5.97 Å². The summed E-state index contributed by atoms with van der Waals surface area (Å²) in [6.45, 7) is 1.93. The van der Waals surface area contributed by atoms with E-state index in [0.717, 1.165) is 44.9 Å². The molecule has 0 aromatic rings. The van der Waals surface area contributed by atoms with Crippen LogP contribution in [0.25, 0.3) is 0 Å². The molecular weight excluding hydrogens is 316 g/mol. The molecule has 0 bridgehead atoms. The Morgan fingerprint density at radius 1 is 0.840 bits per heavy atom. The van der Waals surface area contributed by atoms with Gasteiger partial charge in [-0.15, -0.1) is 0 Å². The normalized spacial score (nSPS) is 14.0. The molecule has 2 unspecified atom stereocenters. The van der Waals surface area contributed by atoms with Crippen molar-refractivity contribution in [3.8, 4) is 0 Å². The van der Waals surface area contributed by atoms with Gasteiger partial charge in [0.1, 0.15) is 0 Å². The van der Waals surface area contributed by atoms with E-state index in [4.69, 9.17) is 10.2 Å². The van der Waals surface area contributed by atoms with Crippen molar-refractivity contribution in [2.24, 2.45) is 5.92 Å². The van der Waals surface area contributed by atoms with E-state index in [1.165, 1.54) is 38.5 Å². The first-order valence-electron chi connectivity index (χ1n) is 10.3. The van der Waals surface area contributed by atoms with Gasteiger partial charge in [-0.1, -0.05) is 64.0 Å². The third-order valence-corrected chi connectivity index (χ3v) is 4.71. The van der Waals surface area contributed by atoms with Crippen molar-refractivity contribution in [2.45, 2.75) is 103 Å². The van der Waals surface area contributed by atoms with Gasteiger partial charge in [-0.05, 0) is 44.9 Å². The smallest absolute Gasteiger partial charge is 0.308 e. The highest BCUT2D eigenvalue weighted by Gasteiger charge is 2.14. The van der Waals surface area contributed by atoms with Crippen LogP contribution in [0.3, 0.4) is 0 Å². The third kappa shape index (κ3) is 16.4. The molecule has 0 aromatic heterocycles. The van der Waals surface area contributed by atoms with E-state index in [1.807, 2.05) is 0 Å². The summed E-state index contributed by atoms with van der Waals surface area (Å²) >= 11 is 0. The van der Waals surface area contributed by atoms with Crippen molar-refractivity contribution in [3.05, 3.63) is 12.2 Å². The molecule has 0 aliphatic heterocycles. The number of carboxylic acid groups (broad SMARTS) is 1. The molecule has 0 saturated heterocycles. The molecule has 0 aromatic carbocycles. The highest BCUT2D eigenvalue weighted by atomic mass is 16.4. The Bertz CT molecular complexity index is 328. The van der Waals surface area contributed by atoms with Gasteiger partial charge in [0.05, 0.1) is 18.6 Å². The molecule has 4 heteroatoms. The molecule has 3 N–H and O–H groups in total. The van der Waals surface area contributed by atoms with Gasteiger partial charge in [0, 0.05) is 0 Å². The number of carbonyl (C=O) groups is 1. The van der Waals surface area contributed by atoms with Crippen LogP contribution < -0.4 is 0 Å². The summed E-state index contributed by atoms with van der Waals surface area (Å²) in [7, 11) is 0. The van der Waals surface area contributed by atoms with Gasteiger partial charge in [-0.2, -0.15) is 0 Å². The lowest BCUT2D eigenvalue weighted by molar-refractivity contribution is -0.143. The lowest BCUT2D eigenvalue weighted by Crippen LogP contribution is -2.17. The zero-order chi connectivity index (χ0) is 18.8.